The van der Waals surface area contributed by atoms with Gasteiger partial charge >= 0.3 is 0 Å². The summed E-state index contributed by atoms with van der Waals surface area (Å²) in [4.78, 5) is 0. The number of nitrogens with one attached hydrogen (secondary N) is 1. The lowest BCUT2D eigenvalue weighted by molar-refractivity contribution is 0.626. The fourth-order valence-corrected chi connectivity index (χ4v) is 1.96. The molecule has 0 saturated carbocycles. The third-order valence-corrected chi connectivity index (χ3v) is 2.82. The first-order valence-electron chi connectivity index (χ1n) is 5.37. The number of halogens is 2. The van der Waals surface area contributed by atoms with E-state index in [1.54, 1.807) is 12.1 Å². The van der Waals surface area contributed by atoms with Crippen LogP contribution < -0.4 is 5.32 Å². The van der Waals surface area contributed by atoms with Crippen LogP contribution in [0.15, 0.2) is 30.5 Å². The highest BCUT2D eigenvalue weighted by molar-refractivity contribution is 5.85. The molecule has 5 heteroatoms. The smallest absolute Gasteiger partial charge is 0.123 e. The first-order valence-corrected chi connectivity index (χ1v) is 5.37. The van der Waals surface area contributed by atoms with E-state index in [1.807, 2.05) is 10.9 Å². The molecule has 0 aliphatic carbocycles. The fraction of sp³-hybridized carbons (Fsp3) is 0.250. The average Bonchev–Trinajstić information content (AvgIpc) is 2.73. The van der Waals surface area contributed by atoms with Gasteiger partial charge in [-0.15, -0.1) is 12.4 Å². The van der Waals surface area contributed by atoms with Crippen LogP contribution in [0.5, 0.6) is 0 Å². The molecule has 1 aliphatic rings. The third kappa shape index (κ3) is 2.33. The van der Waals surface area contributed by atoms with Crippen molar-refractivity contribution < 1.29 is 4.39 Å². The number of aromatic nitrogens is 2. The van der Waals surface area contributed by atoms with E-state index >= 15 is 0 Å². The molecule has 0 spiro atoms. The van der Waals surface area contributed by atoms with E-state index in [-0.39, 0.29) is 18.2 Å². The van der Waals surface area contributed by atoms with Crippen molar-refractivity contribution in [2.75, 3.05) is 6.54 Å². The molecule has 17 heavy (non-hydrogen) atoms. The quantitative estimate of drug-likeness (QED) is 0.843. The second-order valence-corrected chi connectivity index (χ2v) is 3.95. The summed E-state index contributed by atoms with van der Waals surface area (Å²) in [6, 6.07) is 6.38. The van der Waals surface area contributed by atoms with Crippen LogP contribution in [0.3, 0.4) is 0 Å². The molecule has 0 radical (unpaired) electrons. The van der Waals surface area contributed by atoms with Crippen molar-refractivity contribution >= 4 is 12.4 Å². The summed E-state index contributed by atoms with van der Waals surface area (Å²) >= 11 is 0. The molecular weight excluding hydrogens is 241 g/mol. The van der Waals surface area contributed by atoms with E-state index in [1.165, 1.54) is 17.7 Å². The van der Waals surface area contributed by atoms with Crippen LogP contribution in [-0.4, -0.2) is 16.3 Å². The first kappa shape index (κ1) is 12.1. The number of benzene rings is 1. The molecule has 1 aromatic heterocycles. The minimum atomic E-state index is -0.220. The summed E-state index contributed by atoms with van der Waals surface area (Å²) in [7, 11) is 0. The molecule has 0 saturated heterocycles. The Labute approximate surface area is 105 Å². The van der Waals surface area contributed by atoms with E-state index in [4.69, 9.17) is 0 Å². The van der Waals surface area contributed by atoms with Crippen LogP contribution in [0.25, 0.3) is 5.69 Å². The normalized spacial score (nSPS) is 13.9. The van der Waals surface area contributed by atoms with Crippen molar-refractivity contribution in [1.82, 2.24) is 15.1 Å². The van der Waals surface area contributed by atoms with Crippen LogP contribution in [0.2, 0.25) is 0 Å². The summed E-state index contributed by atoms with van der Waals surface area (Å²) in [6.45, 7) is 1.85. The van der Waals surface area contributed by atoms with Gasteiger partial charge in [0.05, 0.1) is 11.4 Å². The lowest BCUT2D eigenvalue weighted by Gasteiger charge is -2.09. The van der Waals surface area contributed by atoms with Crippen LogP contribution in [-0.2, 0) is 13.0 Å². The number of nitrogens with zero attached hydrogens (tertiary/aromatic N) is 2. The van der Waals surface area contributed by atoms with Crippen LogP contribution >= 0.6 is 12.4 Å². The second kappa shape index (κ2) is 4.85. The fourth-order valence-electron chi connectivity index (χ4n) is 1.96. The summed E-state index contributed by atoms with van der Waals surface area (Å²) in [5.74, 6) is -0.220. The van der Waals surface area contributed by atoms with Gasteiger partial charge in [-0.2, -0.15) is 5.10 Å². The Kier molecular flexibility index (Phi) is 3.45. The van der Waals surface area contributed by atoms with E-state index in [0.29, 0.717) is 0 Å². The van der Waals surface area contributed by atoms with E-state index in [0.717, 1.165) is 30.9 Å². The van der Waals surface area contributed by atoms with Crippen molar-refractivity contribution in [1.29, 1.82) is 0 Å². The summed E-state index contributed by atoms with van der Waals surface area (Å²) in [5.41, 5.74) is 3.27. The van der Waals surface area contributed by atoms with Gasteiger partial charge in [-0.05, 0) is 24.3 Å². The first-order chi connectivity index (χ1) is 7.83. The zero-order valence-electron chi connectivity index (χ0n) is 9.19. The molecule has 2 aromatic rings. The van der Waals surface area contributed by atoms with Crippen molar-refractivity contribution in [3.63, 3.8) is 0 Å². The predicted octanol–water partition coefficient (Wildman–Crippen LogP) is 2.08. The standard InChI is InChI=1S/C12H12FN3.ClH/c13-10-1-3-11(4-2-10)16-8-9-7-14-6-5-12(9)15-16;/h1-4,8,14H,5-7H2;1H. The molecule has 1 aliphatic heterocycles. The highest BCUT2D eigenvalue weighted by atomic mass is 35.5. The van der Waals surface area contributed by atoms with Crippen molar-refractivity contribution in [2.45, 2.75) is 13.0 Å². The Balaban J connectivity index is 0.00000108. The summed E-state index contributed by atoms with van der Waals surface area (Å²) in [5, 5.41) is 7.81. The molecule has 1 N–H and O–H groups in total. The van der Waals surface area contributed by atoms with Gasteiger partial charge in [0.2, 0.25) is 0 Å². The highest BCUT2D eigenvalue weighted by Gasteiger charge is 2.13. The maximum absolute atomic E-state index is 12.8. The van der Waals surface area contributed by atoms with E-state index < -0.39 is 0 Å². The van der Waals surface area contributed by atoms with Crippen LogP contribution in [0, 0.1) is 5.82 Å². The molecule has 0 atom stereocenters. The van der Waals surface area contributed by atoms with Gasteiger partial charge in [0, 0.05) is 31.3 Å². The van der Waals surface area contributed by atoms with Gasteiger partial charge in [-0.25, -0.2) is 9.07 Å². The van der Waals surface area contributed by atoms with E-state index in [2.05, 4.69) is 10.4 Å². The molecule has 90 valence electrons. The van der Waals surface area contributed by atoms with Gasteiger partial charge < -0.3 is 5.32 Å². The number of rotatable bonds is 1. The Bertz CT molecular complexity index is 483. The molecule has 0 bridgehead atoms. The minimum Gasteiger partial charge on any atom is -0.312 e. The van der Waals surface area contributed by atoms with Crippen LogP contribution in [0.4, 0.5) is 4.39 Å². The molecular formula is C12H13ClFN3. The van der Waals surface area contributed by atoms with Crippen molar-refractivity contribution in [3.05, 3.63) is 47.5 Å². The van der Waals surface area contributed by atoms with Crippen LogP contribution in [0.1, 0.15) is 11.3 Å². The zero-order valence-corrected chi connectivity index (χ0v) is 10.0. The topological polar surface area (TPSA) is 29.9 Å². The molecule has 1 aromatic carbocycles. The largest absolute Gasteiger partial charge is 0.312 e. The number of fused-ring (bicyclic) bond motifs is 1. The molecule has 3 nitrogen and oxygen atoms in total. The molecule has 0 unspecified atom stereocenters. The molecule has 2 heterocycles. The predicted molar refractivity (Wildman–Crippen MR) is 66.2 cm³/mol. The van der Waals surface area contributed by atoms with E-state index in [9.17, 15) is 4.39 Å². The van der Waals surface area contributed by atoms with Gasteiger partial charge in [0.1, 0.15) is 5.82 Å². The maximum atomic E-state index is 12.8. The lowest BCUT2D eigenvalue weighted by atomic mass is 10.1. The Morgan fingerprint density at radius 3 is 2.71 bits per heavy atom. The third-order valence-electron chi connectivity index (χ3n) is 2.82. The van der Waals surface area contributed by atoms with Gasteiger partial charge in [0.15, 0.2) is 0 Å². The zero-order chi connectivity index (χ0) is 11.0. The minimum absolute atomic E-state index is 0. The van der Waals surface area contributed by atoms with Crippen molar-refractivity contribution in [3.8, 4) is 5.69 Å². The number of hydrogen-bond donors (Lipinski definition) is 1. The molecule has 3 rings (SSSR count). The van der Waals surface area contributed by atoms with Crippen molar-refractivity contribution in [2.24, 2.45) is 0 Å². The Morgan fingerprint density at radius 2 is 2.00 bits per heavy atom. The van der Waals surface area contributed by atoms with Gasteiger partial charge in [0.25, 0.3) is 0 Å². The molecule has 0 fully saturated rings. The average molecular weight is 254 g/mol. The Morgan fingerprint density at radius 1 is 1.24 bits per heavy atom. The summed E-state index contributed by atoms with van der Waals surface area (Å²) < 4.78 is 14.6. The Hall–Kier alpha value is -1.39. The van der Waals surface area contributed by atoms with Gasteiger partial charge in [-0.1, -0.05) is 0 Å². The SMILES string of the molecule is Cl.Fc1ccc(-n2cc3c(n2)CCNC3)cc1. The van der Waals surface area contributed by atoms with Gasteiger partial charge in [-0.3, -0.25) is 0 Å². The lowest BCUT2D eigenvalue weighted by Crippen LogP contribution is -2.22. The molecule has 0 amide bonds. The maximum Gasteiger partial charge on any atom is 0.123 e. The summed E-state index contributed by atoms with van der Waals surface area (Å²) in [6.07, 6.45) is 2.97. The second-order valence-electron chi connectivity index (χ2n) is 3.95. The highest BCUT2D eigenvalue weighted by Crippen LogP contribution is 2.15. The monoisotopic (exact) mass is 253 g/mol. The number of hydrogen-bond acceptors (Lipinski definition) is 2.